The fourth-order valence-electron chi connectivity index (χ4n) is 2.95. The Morgan fingerprint density at radius 2 is 2.05 bits per heavy atom. The molecule has 0 spiro atoms. The number of rotatable bonds is 1. The fourth-order valence-corrected chi connectivity index (χ4v) is 4.18. The number of thiophene rings is 1. The highest BCUT2D eigenvalue weighted by molar-refractivity contribution is 7.19. The lowest BCUT2D eigenvalue weighted by Crippen LogP contribution is -2.10. The van der Waals surface area contributed by atoms with Gasteiger partial charge in [0.15, 0.2) is 5.82 Å². The number of nitrogens with zero attached hydrogens (tertiary/aromatic N) is 2. The summed E-state index contributed by atoms with van der Waals surface area (Å²) in [6.07, 6.45) is 2.16. The molecule has 2 heterocycles. The highest BCUT2D eigenvalue weighted by atomic mass is 32.1. The van der Waals surface area contributed by atoms with Crippen molar-refractivity contribution >= 4 is 27.4 Å². The number of benzene rings is 1. The monoisotopic (exact) mass is 282 g/mol. The predicted molar refractivity (Wildman–Crippen MR) is 82.8 cm³/mol. The van der Waals surface area contributed by atoms with E-state index in [0.29, 0.717) is 0 Å². The standard InChI is InChI=1S/C15H14N4S/c1-8-17-14(19-16)13-12-10-5-3-2-4-9(10)6-7-11(12)20-15(13)18-8/h2-5H,6-7,16H2,1H3,(H,17,18,19). The van der Waals surface area contributed by atoms with Gasteiger partial charge in [-0.1, -0.05) is 24.3 Å². The van der Waals surface area contributed by atoms with Crippen LogP contribution in [-0.4, -0.2) is 9.97 Å². The summed E-state index contributed by atoms with van der Waals surface area (Å²) in [7, 11) is 0. The summed E-state index contributed by atoms with van der Waals surface area (Å²) in [5.74, 6) is 7.13. The van der Waals surface area contributed by atoms with Crippen molar-refractivity contribution in [3.05, 3.63) is 40.5 Å². The molecule has 0 bridgehead atoms. The van der Waals surface area contributed by atoms with Gasteiger partial charge in [0.1, 0.15) is 10.7 Å². The number of aromatic nitrogens is 2. The van der Waals surface area contributed by atoms with Crippen LogP contribution in [0.25, 0.3) is 21.3 Å². The molecule has 0 amide bonds. The number of nitrogens with two attached hydrogens (primary N) is 1. The van der Waals surface area contributed by atoms with E-state index in [0.717, 1.165) is 34.7 Å². The third-order valence-corrected chi connectivity index (χ3v) is 4.92. The number of hydrazine groups is 1. The van der Waals surface area contributed by atoms with Crippen LogP contribution in [0.2, 0.25) is 0 Å². The van der Waals surface area contributed by atoms with E-state index in [1.54, 1.807) is 11.3 Å². The van der Waals surface area contributed by atoms with E-state index in [1.807, 2.05) is 6.92 Å². The first-order valence-corrected chi connectivity index (χ1v) is 7.44. The second-order valence-electron chi connectivity index (χ2n) is 5.00. The Kier molecular flexibility index (Phi) is 2.52. The summed E-state index contributed by atoms with van der Waals surface area (Å²) in [6.45, 7) is 1.90. The SMILES string of the molecule is Cc1nc(NN)c2c3c(sc2n1)CCc1ccccc1-3. The molecule has 1 aromatic carbocycles. The molecule has 0 fully saturated rings. The van der Waals surface area contributed by atoms with Crippen molar-refractivity contribution in [2.24, 2.45) is 5.84 Å². The maximum absolute atomic E-state index is 5.66. The number of nitrogens with one attached hydrogen (secondary N) is 1. The van der Waals surface area contributed by atoms with E-state index >= 15 is 0 Å². The van der Waals surface area contributed by atoms with Gasteiger partial charge in [0.25, 0.3) is 0 Å². The van der Waals surface area contributed by atoms with Crippen molar-refractivity contribution in [3.63, 3.8) is 0 Å². The van der Waals surface area contributed by atoms with Crippen molar-refractivity contribution in [1.29, 1.82) is 0 Å². The van der Waals surface area contributed by atoms with Gasteiger partial charge in [0.2, 0.25) is 0 Å². The van der Waals surface area contributed by atoms with Crippen molar-refractivity contribution in [1.82, 2.24) is 9.97 Å². The Morgan fingerprint density at radius 1 is 1.20 bits per heavy atom. The molecule has 0 unspecified atom stereocenters. The van der Waals surface area contributed by atoms with E-state index in [4.69, 9.17) is 5.84 Å². The minimum Gasteiger partial charge on any atom is -0.308 e. The molecule has 0 aliphatic heterocycles. The van der Waals surface area contributed by atoms with E-state index in [-0.39, 0.29) is 0 Å². The topological polar surface area (TPSA) is 63.8 Å². The molecule has 1 aliphatic carbocycles. The van der Waals surface area contributed by atoms with E-state index in [9.17, 15) is 0 Å². The minimum atomic E-state index is 0.724. The highest BCUT2D eigenvalue weighted by Crippen LogP contribution is 2.45. The smallest absolute Gasteiger partial charge is 0.153 e. The Labute approximate surface area is 120 Å². The van der Waals surface area contributed by atoms with Crippen LogP contribution in [-0.2, 0) is 12.8 Å². The van der Waals surface area contributed by atoms with Gasteiger partial charge in [-0.15, -0.1) is 11.3 Å². The number of hydrogen-bond donors (Lipinski definition) is 2. The molecular formula is C15H14N4S. The number of fused-ring (bicyclic) bond motifs is 5. The first-order chi connectivity index (χ1) is 9.78. The lowest BCUT2D eigenvalue weighted by atomic mass is 9.89. The molecule has 4 nitrogen and oxygen atoms in total. The van der Waals surface area contributed by atoms with E-state index in [1.165, 1.54) is 21.6 Å². The number of hydrogen-bond acceptors (Lipinski definition) is 5. The molecule has 3 N–H and O–H groups in total. The molecule has 2 aromatic heterocycles. The third-order valence-electron chi connectivity index (χ3n) is 3.78. The molecule has 20 heavy (non-hydrogen) atoms. The van der Waals surface area contributed by atoms with Crippen LogP contribution in [0.5, 0.6) is 0 Å². The van der Waals surface area contributed by atoms with Crippen LogP contribution < -0.4 is 11.3 Å². The van der Waals surface area contributed by atoms with Gasteiger partial charge in [-0.05, 0) is 30.9 Å². The summed E-state index contributed by atoms with van der Waals surface area (Å²) in [5, 5.41) is 1.06. The second-order valence-corrected chi connectivity index (χ2v) is 6.08. The number of anilines is 1. The van der Waals surface area contributed by atoms with Crippen LogP contribution in [0.1, 0.15) is 16.3 Å². The maximum Gasteiger partial charge on any atom is 0.153 e. The predicted octanol–water partition coefficient (Wildman–Crippen LogP) is 3.05. The maximum atomic E-state index is 5.66. The Balaban J connectivity index is 2.13. The molecule has 0 saturated heterocycles. The Morgan fingerprint density at radius 3 is 2.90 bits per heavy atom. The molecule has 1 aliphatic rings. The van der Waals surface area contributed by atoms with Gasteiger partial charge in [0.05, 0.1) is 5.39 Å². The first-order valence-electron chi connectivity index (χ1n) is 6.63. The lowest BCUT2D eigenvalue weighted by molar-refractivity contribution is 0.965. The van der Waals surface area contributed by atoms with E-state index in [2.05, 4.69) is 39.7 Å². The van der Waals surface area contributed by atoms with Crippen LogP contribution in [0, 0.1) is 6.92 Å². The van der Waals surface area contributed by atoms with Gasteiger partial charge < -0.3 is 5.43 Å². The van der Waals surface area contributed by atoms with Gasteiger partial charge in [0, 0.05) is 10.4 Å². The molecule has 4 rings (SSSR count). The lowest BCUT2D eigenvalue weighted by Gasteiger charge is -2.16. The average molecular weight is 282 g/mol. The first kappa shape index (κ1) is 11.8. The molecule has 0 atom stereocenters. The minimum absolute atomic E-state index is 0.724. The third kappa shape index (κ3) is 1.57. The number of aryl methyl sites for hydroxylation is 3. The summed E-state index contributed by atoms with van der Waals surface area (Å²) < 4.78 is 0. The summed E-state index contributed by atoms with van der Waals surface area (Å²) in [6, 6.07) is 8.56. The highest BCUT2D eigenvalue weighted by Gasteiger charge is 2.24. The largest absolute Gasteiger partial charge is 0.308 e. The zero-order valence-electron chi connectivity index (χ0n) is 11.1. The van der Waals surface area contributed by atoms with Crippen LogP contribution in [0.3, 0.4) is 0 Å². The van der Waals surface area contributed by atoms with E-state index < -0.39 is 0 Å². The van der Waals surface area contributed by atoms with Crippen LogP contribution >= 0.6 is 11.3 Å². The van der Waals surface area contributed by atoms with Crippen molar-refractivity contribution in [2.75, 3.05) is 5.43 Å². The zero-order valence-corrected chi connectivity index (χ0v) is 11.9. The van der Waals surface area contributed by atoms with Gasteiger partial charge in [-0.2, -0.15) is 0 Å². The molecule has 3 aromatic rings. The van der Waals surface area contributed by atoms with Crippen molar-refractivity contribution in [2.45, 2.75) is 19.8 Å². The Hall–Kier alpha value is -1.98. The van der Waals surface area contributed by atoms with Crippen LogP contribution in [0.15, 0.2) is 24.3 Å². The van der Waals surface area contributed by atoms with Gasteiger partial charge in [-0.3, -0.25) is 0 Å². The molecule has 100 valence electrons. The normalized spacial score (nSPS) is 13.1. The average Bonchev–Trinajstić information content (AvgIpc) is 2.84. The zero-order chi connectivity index (χ0) is 13.7. The number of nitrogen functional groups attached to an aromatic ring is 1. The van der Waals surface area contributed by atoms with Gasteiger partial charge in [-0.25, -0.2) is 15.8 Å². The summed E-state index contributed by atoms with van der Waals surface area (Å²) in [5.41, 5.74) is 6.68. The van der Waals surface area contributed by atoms with Crippen molar-refractivity contribution < 1.29 is 0 Å². The Bertz CT molecular complexity index is 822. The second kappa shape index (κ2) is 4.26. The van der Waals surface area contributed by atoms with Crippen molar-refractivity contribution in [3.8, 4) is 11.1 Å². The molecule has 5 heteroatoms. The molecule has 0 saturated carbocycles. The molecule has 0 radical (unpaired) electrons. The fraction of sp³-hybridized carbons (Fsp3) is 0.200. The summed E-state index contributed by atoms with van der Waals surface area (Å²) >= 11 is 1.76. The quantitative estimate of drug-likeness (QED) is 0.532. The molecular weight excluding hydrogens is 268 g/mol. The van der Waals surface area contributed by atoms with Crippen LogP contribution in [0.4, 0.5) is 5.82 Å². The summed E-state index contributed by atoms with van der Waals surface area (Å²) in [4.78, 5) is 11.4. The van der Waals surface area contributed by atoms with Gasteiger partial charge >= 0.3 is 0 Å².